The van der Waals surface area contributed by atoms with Crippen LogP contribution in [-0.4, -0.2) is 69.8 Å². The highest BCUT2D eigenvalue weighted by Gasteiger charge is 2.45. The zero-order valence-electron chi connectivity index (χ0n) is 26.5. The van der Waals surface area contributed by atoms with Gasteiger partial charge < -0.3 is 19.1 Å². The fourth-order valence-electron chi connectivity index (χ4n) is 8.16. The SMILES string of the molecule is CC(C)[C@H]1CN(C)CCN1Cc1cc2c(c(C(F)(F)F)c1)CN(c1cc(C3(c4nncn4C)CCCC3)cc3c1OCC3)C2=O. The average Bonchev–Trinajstić information content (AvgIpc) is 3.80. The highest BCUT2D eigenvalue weighted by atomic mass is 19.4. The highest BCUT2D eigenvalue weighted by Crippen LogP contribution is 2.50. The van der Waals surface area contributed by atoms with Crippen LogP contribution in [-0.2, 0) is 38.1 Å². The van der Waals surface area contributed by atoms with E-state index >= 15 is 0 Å². The van der Waals surface area contributed by atoms with Crippen molar-refractivity contribution in [2.24, 2.45) is 13.0 Å². The number of halogens is 3. The molecule has 11 heteroatoms. The van der Waals surface area contributed by atoms with Crippen molar-refractivity contribution in [1.29, 1.82) is 0 Å². The predicted molar refractivity (Wildman–Crippen MR) is 164 cm³/mol. The topological polar surface area (TPSA) is 66.7 Å². The average molecular weight is 623 g/mol. The van der Waals surface area contributed by atoms with E-state index in [0.29, 0.717) is 42.5 Å². The third-order valence-corrected chi connectivity index (χ3v) is 10.5. The van der Waals surface area contributed by atoms with Crippen LogP contribution in [0, 0.1) is 5.92 Å². The van der Waals surface area contributed by atoms with Gasteiger partial charge in [-0.05, 0) is 66.3 Å². The fraction of sp³-hybridized carbons (Fsp3) is 0.559. The van der Waals surface area contributed by atoms with Crippen molar-refractivity contribution in [3.8, 4) is 5.75 Å². The first-order valence-electron chi connectivity index (χ1n) is 16.1. The Labute approximate surface area is 262 Å². The molecule has 1 aliphatic carbocycles. The van der Waals surface area contributed by atoms with Crippen molar-refractivity contribution in [2.45, 2.75) is 76.7 Å². The van der Waals surface area contributed by atoms with E-state index in [0.717, 1.165) is 62.3 Å². The molecule has 1 atom stereocenters. The van der Waals surface area contributed by atoms with E-state index in [9.17, 15) is 18.0 Å². The zero-order chi connectivity index (χ0) is 31.7. The van der Waals surface area contributed by atoms with Gasteiger partial charge in [0.1, 0.15) is 17.9 Å². The van der Waals surface area contributed by atoms with Crippen molar-refractivity contribution in [3.63, 3.8) is 0 Å². The maximum absolute atomic E-state index is 14.7. The number of aryl methyl sites for hydroxylation is 1. The molecule has 45 heavy (non-hydrogen) atoms. The Morgan fingerprint density at radius 2 is 1.87 bits per heavy atom. The first-order valence-corrected chi connectivity index (χ1v) is 16.1. The molecular formula is C34H41F3N6O2. The Morgan fingerprint density at radius 1 is 1.09 bits per heavy atom. The molecule has 0 bridgehead atoms. The van der Waals surface area contributed by atoms with E-state index in [1.807, 2.05) is 17.7 Å². The van der Waals surface area contributed by atoms with E-state index in [2.05, 4.69) is 47.0 Å². The summed E-state index contributed by atoms with van der Waals surface area (Å²) in [6, 6.07) is 7.31. The third-order valence-electron chi connectivity index (χ3n) is 10.5. The minimum Gasteiger partial charge on any atom is -0.491 e. The van der Waals surface area contributed by atoms with Crippen molar-refractivity contribution < 1.29 is 22.7 Å². The molecule has 4 heterocycles. The van der Waals surface area contributed by atoms with E-state index in [4.69, 9.17) is 4.74 Å². The molecule has 1 aromatic heterocycles. The molecule has 1 saturated heterocycles. The van der Waals surface area contributed by atoms with Crippen LogP contribution in [0.3, 0.4) is 0 Å². The molecular weight excluding hydrogens is 581 g/mol. The first-order chi connectivity index (χ1) is 21.5. The molecule has 3 aromatic rings. The number of hydrogen-bond acceptors (Lipinski definition) is 6. The Hall–Kier alpha value is -3.44. The molecule has 4 aliphatic rings. The van der Waals surface area contributed by atoms with E-state index in [1.54, 1.807) is 12.4 Å². The predicted octanol–water partition coefficient (Wildman–Crippen LogP) is 5.56. The van der Waals surface area contributed by atoms with Crippen LogP contribution < -0.4 is 9.64 Å². The van der Waals surface area contributed by atoms with Gasteiger partial charge >= 0.3 is 6.18 Å². The summed E-state index contributed by atoms with van der Waals surface area (Å²) in [7, 11) is 4.02. The van der Waals surface area contributed by atoms with E-state index in [-0.39, 0.29) is 29.1 Å². The number of fused-ring (bicyclic) bond motifs is 2. The lowest BCUT2D eigenvalue weighted by atomic mass is 9.77. The Balaban J connectivity index is 1.29. The molecule has 8 nitrogen and oxygen atoms in total. The maximum atomic E-state index is 14.7. The van der Waals surface area contributed by atoms with Crippen LogP contribution in [0.15, 0.2) is 30.6 Å². The molecule has 1 saturated carbocycles. The summed E-state index contributed by atoms with van der Waals surface area (Å²) in [4.78, 5) is 20.2. The molecule has 3 aliphatic heterocycles. The Morgan fingerprint density at radius 3 is 2.56 bits per heavy atom. The molecule has 7 rings (SSSR count). The number of carbonyl (C=O) groups is 1. The smallest absolute Gasteiger partial charge is 0.416 e. The number of amides is 1. The molecule has 0 spiro atoms. The molecule has 240 valence electrons. The number of alkyl halides is 3. The van der Waals surface area contributed by atoms with Crippen molar-refractivity contribution >= 4 is 11.6 Å². The number of likely N-dealkylation sites (N-methyl/N-ethyl adjacent to an activating group) is 1. The number of benzene rings is 2. The quantitative estimate of drug-likeness (QED) is 0.359. The highest BCUT2D eigenvalue weighted by molar-refractivity contribution is 6.11. The number of hydrogen-bond donors (Lipinski definition) is 0. The van der Waals surface area contributed by atoms with Gasteiger partial charge in [0, 0.05) is 51.3 Å². The largest absolute Gasteiger partial charge is 0.491 e. The fourth-order valence-corrected chi connectivity index (χ4v) is 8.16. The van der Waals surface area contributed by atoms with Crippen LogP contribution in [0.4, 0.5) is 18.9 Å². The zero-order valence-corrected chi connectivity index (χ0v) is 26.5. The second-order valence-electron chi connectivity index (χ2n) is 13.7. The molecule has 1 amide bonds. The number of piperazine rings is 1. The van der Waals surface area contributed by atoms with Gasteiger partial charge in [0.2, 0.25) is 0 Å². The van der Waals surface area contributed by atoms with Crippen LogP contribution in [0.1, 0.15) is 83.5 Å². The van der Waals surface area contributed by atoms with Crippen LogP contribution in [0.2, 0.25) is 0 Å². The van der Waals surface area contributed by atoms with Crippen LogP contribution in [0.25, 0.3) is 0 Å². The monoisotopic (exact) mass is 622 g/mol. The van der Waals surface area contributed by atoms with Crippen LogP contribution in [0.5, 0.6) is 5.75 Å². The Bertz CT molecular complexity index is 1630. The number of ether oxygens (including phenoxy) is 1. The molecule has 0 N–H and O–H groups in total. The molecule has 2 aromatic carbocycles. The van der Waals surface area contributed by atoms with Gasteiger partial charge in [0.05, 0.1) is 29.8 Å². The van der Waals surface area contributed by atoms with E-state index < -0.39 is 17.6 Å². The summed E-state index contributed by atoms with van der Waals surface area (Å²) in [5, 5.41) is 8.66. The van der Waals surface area contributed by atoms with Gasteiger partial charge in [-0.15, -0.1) is 10.2 Å². The van der Waals surface area contributed by atoms with Crippen LogP contribution >= 0.6 is 0 Å². The lowest BCUT2D eigenvalue weighted by Crippen LogP contribution is -2.53. The summed E-state index contributed by atoms with van der Waals surface area (Å²) in [5.41, 5.74) is 2.13. The summed E-state index contributed by atoms with van der Waals surface area (Å²) in [6.45, 7) is 7.47. The van der Waals surface area contributed by atoms with Gasteiger partial charge in [0.15, 0.2) is 0 Å². The van der Waals surface area contributed by atoms with Crippen molar-refractivity contribution in [2.75, 3.05) is 38.2 Å². The lowest BCUT2D eigenvalue weighted by molar-refractivity contribution is -0.138. The number of carbonyl (C=O) groups excluding carboxylic acids is 1. The molecule has 2 fully saturated rings. The molecule has 0 unspecified atom stereocenters. The number of rotatable bonds is 6. The van der Waals surface area contributed by atoms with Gasteiger partial charge in [0.25, 0.3) is 5.91 Å². The standard InChI is InChI=1S/C34H41F3N6O2/c1-21(2)29-19-40(3)10-11-42(29)17-22-13-25-26(27(14-22)34(35,36)37)18-43(31(25)44)28-16-24(15-23-7-12-45-30(23)28)33(8-5-6-9-33)32-39-38-20-41(32)4/h13-16,20-21,29H,5-12,17-19H2,1-4H3/t29-/m1/s1. The third kappa shape index (κ3) is 5.12. The Kier molecular flexibility index (Phi) is 7.47. The second-order valence-corrected chi connectivity index (χ2v) is 13.7. The number of aromatic nitrogens is 3. The molecule has 0 radical (unpaired) electrons. The number of nitrogens with zero attached hydrogens (tertiary/aromatic N) is 6. The van der Waals surface area contributed by atoms with Crippen molar-refractivity contribution in [3.05, 3.63) is 69.8 Å². The van der Waals surface area contributed by atoms with Gasteiger partial charge in [-0.1, -0.05) is 32.8 Å². The van der Waals surface area contributed by atoms with Crippen molar-refractivity contribution in [1.82, 2.24) is 24.6 Å². The number of anilines is 1. The first kappa shape index (κ1) is 30.2. The lowest BCUT2D eigenvalue weighted by Gasteiger charge is -2.42. The summed E-state index contributed by atoms with van der Waals surface area (Å²) in [6.07, 6.45) is 1.64. The summed E-state index contributed by atoms with van der Waals surface area (Å²) in [5.74, 6) is 1.40. The van der Waals surface area contributed by atoms with E-state index in [1.165, 1.54) is 11.0 Å². The normalized spacial score (nSPS) is 21.9. The summed E-state index contributed by atoms with van der Waals surface area (Å²) >= 11 is 0. The van der Waals surface area contributed by atoms with Gasteiger partial charge in [-0.2, -0.15) is 13.2 Å². The van der Waals surface area contributed by atoms with Gasteiger partial charge in [-0.25, -0.2) is 0 Å². The maximum Gasteiger partial charge on any atom is 0.416 e. The minimum atomic E-state index is -4.59. The summed E-state index contributed by atoms with van der Waals surface area (Å²) < 4.78 is 52.0. The van der Waals surface area contributed by atoms with Gasteiger partial charge in [-0.3, -0.25) is 9.69 Å². The second kappa shape index (κ2) is 11.1. The minimum absolute atomic E-state index is 0.0380.